The Morgan fingerprint density at radius 3 is 1.09 bits per heavy atom. The van der Waals surface area contributed by atoms with Crippen LogP contribution in [0.2, 0.25) is 0 Å². The van der Waals surface area contributed by atoms with Crippen LogP contribution in [0.25, 0.3) is 89.7 Å². The van der Waals surface area contributed by atoms with E-state index in [0.29, 0.717) is 198 Å². The molecular formula is C99H120CuN13O14S4+. The van der Waals surface area contributed by atoms with Crippen LogP contribution in [0.15, 0.2) is 203 Å². The molecule has 13 rings (SSSR count). The Kier molecular flexibility index (Phi) is 45.0. The molecule has 32 heteroatoms. The second-order valence-corrected chi connectivity index (χ2v) is 33.8. The number of carbonyl (C=O) groups excluding carboxylic acids is 4. The molecule has 699 valence electrons. The number of hydrogen-bond donors (Lipinski definition) is 2. The van der Waals surface area contributed by atoms with E-state index in [2.05, 4.69) is 6.54 Å². The Morgan fingerprint density at radius 1 is 0.359 bits per heavy atom. The molecule has 1 radical (unpaired) electrons. The second-order valence-electron chi connectivity index (χ2n) is 29.3. The first-order valence-electron chi connectivity index (χ1n) is 44.8. The van der Waals surface area contributed by atoms with Crippen molar-refractivity contribution in [1.82, 2.24) is 54.7 Å². The van der Waals surface area contributed by atoms with Gasteiger partial charge < -0.3 is 96.9 Å². The van der Waals surface area contributed by atoms with E-state index < -0.39 is 0 Å². The molecule has 2 aliphatic heterocycles. The van der Waals surface area contributed by atoms with Crippen LogP contribution in [0.1, 0.15) is 111 Å². The number of amides is 2. The Bertz CT molecular complexity index is 5480. The van der Waals surface area contributed by atoms with E-state index in [4.69, 9.17) is 92.2 Å². The molecule has 0 aliphatic carbocycles. The van der Waals surface area contributed by atoms with Crippen LogP contribution >= 0.6 is 47.0 Å². The minimum atomic E-state index is -0.121. The molecular weight excluding hydrogens is 1790 g/mol. The second kappa shape index (κ2) is 56.7. The van der Waals surface area contributed by atoms with Crippen LogP contribution in [0.4, 0.5) is 0 Å². The Labute approximate surface area is 796 Å². The molecule has 2 N–H and O–H groups in total. The van der Waals surface area contributed by atoms with Crippen LogP contribution in [0.3, 0.4) is 0 Å². The molecule has 0 spiro atoms. The molecule has 2 amide bonds. The normalized spacial score (nSPS) is 11.5. The largest absolute Gasteiger partial charge is 2.00 e. The molecule has 7 aromatic carbocycles. The number of benzene rings is 7. The maximum absolute atomic E-state index is 14.0. The summed E-state index contributed by atoms with van der Waals surface area (Å²) in [5.74, 6) is 1.08. The molecule has 0 saturated carbocycles. The van der Waals surface area contributed by atoms with Crippen LogP contribution in [-0.4, -0.2) is 260 Å². The molecule has 2 aliphatic rings. The van der Waals surface area contributed by atoms with Gasteiger partial charge in [0, 0.05) is 222 Å². The maximum atomic E-state index is 14.0. The van der Waals surface area contributed by atoms with Gasteiger partial charge in [0.2, 0.25) is 0 Å². The van der Waals surface area contributed by atoms with Gasteiger partial charge in [0.15, 0.2) is 0 Å². The van der Waals surface area contributed by atoms with E-state index >= 15 is 0 Å². The number of nitrogens with zero attached hydrogens (tertiary/aromatic N) is 11. The number of ether oxygens (including phenoxy) is 10. The van der Waals surface area contributed by atoms with Gasteiger partial charge >= 0.3 is 17.1 Å². The van der Waals surface area contributed by atoms with Gasteiger partial charge in [-0.05, 0) is 178 Å². The van der Waals surface area contributed by atoms with Crippen molar-refractivity contribution < 1.29 is 93.4 Å². The molecule has 0 saturated heterocycles. The third kappa shape index (κ3) is 30.4. The van der Waals surface area contributed by atoms with Crippen molar-refractivity contribution in [3.63, 3.8) is 0 Å². The van der Waals surface area contributed by atoms with E-state index in [0.717, 1.165) is 157 Å². The molecule has 0 unspecified atom stereocenters. The molecule has 0 fully saturated rings. The van der Waals surface area contributed by atoms with Crippen molar-refractivity contribution >= 4 is 116 Å². The molecule has 27 nitrogen and oxygen atoms in total. The number of aldehydes is 2. The fourth-order valence-electron chi connectivity index (χ4n) is 14.1. The zero-order valence-electron chi connectivity index (χ0n) is 76.4. The summed E-state index contributed by atoms with van der Waals surface area (Å²) in [6.45, 7) is 42.1. The number of carbonyl (C=O) groups is 4. The minimum Gasteiger partial charge on any atom is -0.460 e. The standard InChI is InChI=1S/C75H65N11O8S4.2C12H27NO3.Cu/c1-5-91-38-34-85(35-39-92-6-2)74(89)48-22-30-52(31-23-48)96-59-16-10-12-54-63(59)71-78-66(54)77-70-62-55(13-9-15-58(62)95-50-26-18-46(44-87)19-27-50)68(80-70)82-73-65-57(42-76-43-61(65)98-51-28-20-47(45-88)21-29-51)69(84-73)83-72-64-56(67(79-71)81-72)14-11-17-60(64)97-53-32-24-49(25-33-53)75(90)86(36-40-93-7-3)37-41-94-8-4;2*1-4-14-10-7-13(8-11-15-5-2)9-12-16-6-3;/h9-33,42-45H,5-8,34-41H2,1-4H3;4-12H2,1-3H3;7,13H,4-6,8-12H2,1-3H3;/q-2;;;+2/p+1. The van der Waals surface area contributed by atoms with Crippen LogP contribution in [-0.2, 0) is 64.4 Å². The average molecular weight is 1910 g/mol. The average Bonchev–Trinajstić information content (AvgIpc) is 1.59. The summed E-state index contributed by atoms with van der Waals surface area (Å²) in [5.41, 5.74) is 6.21. The van der Waals surface area contributed by atoms with Gasteiger partial charge in [0.05, 0.1) is 95.8 Å². The van der Waals surface area contributed by atoms with Gasteiger partial charge in [0.25, 0.3) is 11.8 Å². The number of fused-ring (bicyclic) bond motifs is 20. The first kappa shape index (κ1) is 104. The summed E-state index contributed by atoms with van der Waals surface area (Å²) in [6.07, 6.45) is 5.14. The number of rotatable bonds is 52. The van der Waals surface area contributed by atoms with Gasteiger partial charge in [0.1, 0.15) is 32.2 Å². The number of quaternary nitrogens is 2. The van der Waals surface area contributed by atoms with E-state index in [1.807, 2.05) is 197 Å². The summed E-state index contributed by atoms with van der Waals surface area (Å²) in [5, 5.41) is 2.79. The number of aromatic nitrogens is 9. The van der Waals surface area contributed by atoms with Gasteiger partial charge in [-0.15, -0.1) is 6.54 Å². The molecule has 8 bridgehead atoms. The summed E-state index contributed by atoms with van der Waals surface area (Å²) in [4.78, 5) is 112. The van der Waals surface area contributed by atoms with E-state index in [1.165, 1.54) is 56.8 Å². The topological polar surface area (TPSA) is 294 Å². The molecule has 0 atom stereocenters. The molecule has 11 aromatic rings. The van der Waals surface area contributed by atoms with Crippen molar-refractivity contribution in [3.05, 3.63) is 193 Å². The maximum Gasteiger partial charge on any atom is 2.00 e. The minimum absolute atomic E-state index is 0. The monoisotopic (exact) mass is 1910 g/mol. The molecule has 4 aromatic heterocycles. The quantitative estimate of drug-likeness (QED) is 0.0155. The summed E-state index contributed by atoms with van der Waals surface area (Å²) >= 11 is 5.97. The first-order valence-corrected chi connectivity index (χ1v) is 48.1. The van der Waals surface area contributed by atoms with Crippen LogP contribution in [0.5, 0.6) is 0 Å². The van der Waals surface area contributed by atoms with Crippen LogP contribution in [0, 0.1) is 6.54 Å². The fourth-order valence-corrected chi connectivity index (χ4v) is 17.9. The van der Waals surface area contributed by atoms with Gasteiger partial charge in [-0.1, -0.05) is 108 Å². The van der Waals surface area contributed by atoms with Crippen molar-refractivity contribution in [3.8, 4) is 45.6 Å². The third-order valence-electron chi connectivity index (χ3n) is 20.8. The van der Waals surface area contributed by atoms with Gasteiger partial charge in [-0.25, -0.2) is 9.97 Å². The molecule has 131 heavy (non-hydrogen) atoms. The SMILES string of the molecule is CCOCCN(CCOCC)C(=O)c1ccc(Sc2cccc3c2-c2nc-3nc3[n-]c(nc4nc(nc5[n-]c(n2)c2cccc(Sc6ccc(C(=O)N(CCOCC)CCOCC)cc6)c52)-c2cncc(Sc5ccc(C=O)cc5)c2-4)c2cccc(Sc4ccc(C=O)cc4)c32)cc1.CCOCC[NH+](CCOCC)CCOCC.CCOC[CH-][NH+](CCOCC)CCOCC.[Cu+2]. The summed E-state index contributed by atoms with van der Waals surface area (Å²) < 4.78 is 54.7. The number of nitrogens with one attached hydrogen (secondary N) is 2. The Hall–Kier alpha value is -9.23. The van der Waals surface area contributed by atoms with Crippen molar-refractivity contribution in [2.45, 2.75) is 108 Å². The first-order chi connectivity index (χ1) is 63.8. The van der Waals surface area contributed by atoms with Crippen molar-refractivity contribution in [1.29, 1.82) is 0 Å². The third-order valence-corrected chi connectivity index (χ3v) is 25.0. The predicted octanol–water partition coefficient (Wildman–Crippen LogP) is 14.9. The van der Waals surface area contributed by atoms with Crippen molar-refractivity contribution in [2.24, 2.45) is 0 Å². The van der Waals surface area contributed by atoms with Crippen molar-refractivity contribution in [2.75, 3.05) is 191 Å². The van der Waals surface area contributed by atoms with E-state index in [-0.39, 0.29) is 28.9 Å². The predicted molar refractivity (Wildman–Crippen MR) is 512 cm³/mol. The Morgan fingerprint density at radius 2 is 0.695 bits per heavy atom. The smallest absolute Gasteiger partial charge is 0.460 e. The zero-order chi connectivity index (χ0) is 91.6. The van der Waals surface area contributed by atoms with Crippen LogP contribution < -0.4 is 19.8 Å². The zero-order valence-corrected chi connectivity index (χ0v) is 80.6. The summed E-state index contributed by atoms with van der Waals surface area (Å²) in [7, 11) is 0. The van der Waals surface area contributed by atoms with Gasteiger partial charge in [-0.2, -0.15) is 0 Å². The van der Waals surface area contributed by atoms with E-state index in [1.54, 1.807) is 46.5 Å². The molecule has 6 heterocycles. The van der Waals surface area contributed by atoms with E-state index in [9.17, 15) is 19.2 Å². The fraction of sp³-hybridized carbons (Fsp3) is 0.394. The Balaban J connectivity index is 0.000000457. The number of pyridine rings is 1. The number of hydrogen-bond acceptors (Lipinski definition) is 25. The van der Waals surface area contributed by atoms with Gasteiger partial charge in [-0.3, -0.25) is 24.2 Å². The summed E-state index contributed by atoms with van der Waals surface area (Å²) in [6, 6.07) is 47.7.